The number of hydrogen-bond donors (Lipinski definition) is 1. The Balaban J connectivity index is 1.65. The molecule has 4 nitrogen and oxygen atoms in total. The van der Waals surface area contributed by atoms with Crippen LogP contribution in [-0.2, 0) is 6.61 Å². The first-order valence-corrected chi connectivity index (χ1v) is 10.5. The van der Waals surface area contributed by atoms with Gasteiger partial charge in [0, 0.05) is 17.1 Å². The van der Waals surface area contributed by atoms with Gasteiger partial charge in [0.2, 0.25) is 0 Å². The van der Waals surface area contributed by atoms with Crippen molar-refractivity contribution in [3.63, 3.8) is 0 Å². The molecule has 158 valence electrons. The molecular weight excluding hydrogens is 406 g/mol. The van der Waals surface area contributed by atoms with E-state index in [1.165, 1.54) is 0 Å². The molecule has 0 amide bonds. The van der Waals surface area contributed by atoms with Crippen LogP contribution in [0.3, 0.4) is 0 Å². The highest BCUT2D eigenvalue weighted by Gasteiger charge is 2.12. The normalized spacial score (nSPS) is 10.5. The van der Waals surface area contributed by atoms with Gasteiger partial charge in [-0.25, -0.2) is 4.85 Å². The summed E-state index contributed by atoms with van der Waals surface area (Å²) in [5.74, 6) is 0. The van der Waals surface area contributed by atoms with E-state index in [-0.39, 0.29) is 6.61 Å². The third-order valence-electron chi connectivity index (χ3n) is 5.28. The largest absolute Gasteiger partial charge is 0.392 e. The number of rotatable bonds is 6. The Hall–Kier alpha value is -4.64. The van der Waals surface area contributed by atoms with Crippen molar-refractivity contribution in [2.24, 2.45) is 0 Å². The lowest BCUT2D eigenvalue weighted by molar-refractivity contribution is 0.282. The molecule has 0 aliphatic heterocycles. The van der Waals surface area contributed by atoms with Crippen molar-refractivity contribution in [3.8, 4) is 6.07 Å². The highest BCUT2D eigenvalue weighted by molar-refractivity contribution is 5.80. The minimum atomic E-state index is 0.0130. The van der Waals surface area contributed by atoms with E-state index in [2.05, 4.69) is 27.9 Å². The second-order valence-electron chi connectivity index (χ2n) is 7.42. The van der Waals surface area contributed by atoms with Crippen molar-refractivity contribution < 1.29 is 5.11 Å². The fraction of sp³-hybridized carbons (Fsp3) is 0.0345. The maximum absolute atomic E-state index is 9.37. The highest BCUT2D eigenvalue weighted by Crippen LogP contribution is 2.34. The first-order chi connectivity index (χ1) is 16.2. The number of nitrogens with zero attached hydrogens (tertiary/aromatic N) is 3. The van der Waals surface area contributed by atoms with Crippen molar-refractivity contribution in [1.29, 1.82) is 5.26 Å². The number of anilines is 3. The molecule has 33 heavy (non-hydrogen) atoms. The molecule has 0 aliphatic carbocycles. The zero-order chi connectivity index (χ0) is 23.0. The lowest BCUT2D eigenvalue weighted by Crippen LogP contribution is -2.09. The summed E-state index contributed by atoms with van der Waals surface area (Å²) in [5, 5.41) is 18.5. The number of para-hydroxylation sites is 1. The lowest BCUT2D eigenvalue weighted by Gasteiger charge is -2.25. The van der Waals surface area contributed by atoms with Crippen molar-refractivity contribution in [1.82, 2.24) is 0 Å². The molecular formula is C29H21N3O. The van der Waals surface area contributed by atoms with Gasteiger partial charge in [-0.05, 0) is 59.2 Å². The maximum atomic E-state index is 9.37. The van der Waals surface area contributed by atoms with Crippen molar-refractivity contribution in [2.75, 3.05) is 4.90 Å². The van der Waals surface area contributed by atoms with E-state index in [1.807, 2.05) is 78.9 Å². The summed E-state index contributed by atoms with van der Waals surface area (Å²) in [5.41, 5.74) is 6.66. The molecule has 0 bridgehead atoms. The number of hydrogen-bond acceptors (Lipinski definition) is 3. The van der Waals surface area contributed by atoms with Crippen LogP contribution in [0, 0.1) is 17.9 Å². The summed E-state index contributed by atoms with van der Waals surface area (Å²) in [6, 6.07) is 33.3. The van der Waals surface area contributed by atoms with Gasteiger partial charge >= 0.3 is 0 Å². The summed E-state index contributed by atoms with van der Waals surface area (Å²) in [7, 11) is 0. The van der Waals surface area contributed by atoms with E-state index in [9.17, 15) is 5.11 Å². The molecule has 4 aromatic carbocycles. The highest BCUT2D eigenvalue weighted by atomic mass is 16.3. The molecule has 0 spiro atoms. The Morgan fingerprint density at radius 1 is 0.818 bits per heavy atom. The fourth-order valence-electron chi connectivity index (χ4n) is 3.55. The third kappa shape index (κ3) is 4.99. The molecule has 4 heteroatoms. The molecule has 0 heterocycles. The van der Waals surface area contributed by atoms with E-state index in [0.29, 0.717) is 11.3 Å². The van der Waals surface area contributed by atoms with Gasteiger partial charge in [0.1, 0.15) is 0 Å². The van der Waals surface area contributed by atoms with Crippen LogP contribution < -0.4 is 4.90 Å². The van der Waals surface area contributed by atoms with Crippen LogP contribution in [0.2, 0.25) is 0 Å². The minimum Gasteiger partial charge on any atom is -0.392 e. The van der Waals surface area contributed by atoms with E-state index in [0.717, 1.165) is 33.8 Å². The van der Waals surface area contributed by atoms with Crippen LogP contribution in [0.1, 0.15) is 22.3 Å². The van der Waals surface area contributed by atoms with Gasteiger partial charge in [-0.2, -0.15) is 5.26 Å². The summed E-state index contributed by atoms with van der Waals surface area (Å²) >= 11 is 0. The van der Waals surface area contributed by atoms with Crippen molar-refractivity contribution >= 4 is 34.9 Å². The number of nitriles is 1. The molecule has 0 radical (unpaired) electrons. The average molecular weight is 428 g/mol. The molecule has 0 fully saturated rings. The SMILES string of the molecule is [C-]#[N+]c1ccc(C#N)cc1C=Cc1ccc(N(c2ccccc2)c2ccc(CO)cc2)cc1. The topological polar surface area (TPSA) is 51.6 Å². The Morgan fingerprint density at radius 3 is 2.06 bits per heavy atom. The van der Waals surface area contributed by atoms with Gasteiger partial charge in [0.05, 0.1) is 24.8 Å². The monoisotopic (exact) mass is 427 g/mol. The van der Waals surface area contributed by atoms with Gasteiger partial charge in [-0.3, -0.25) is 0 Å². The van der Waals surface area contributed by atoms with Gasteiger partial charge < -0.3 is 10.0 Å². The first kappa shape index (κ1) is 21.6. The number of aliphatic hydroxyl groups excluding tert-OH is 1. The second-order valence-corrected chi connectivity index (χ2v) is 7.42. The lowest BCUT2D eigenvalue weighted by atomic mass is 10.1. The van der Waals surface area contributed by atoms with Crippen molar-refractivity contribution in [2.45, 2.75) is 6.61 Å². The number of aliphatic hydroxyl groups is 1. The van der Waals surface area contributed by atoms with E-state index < -0.39 is 0 Å². The van der Waals surface area contributed by atoms with Gasteiger partial charge in [-0.15, -0.1) is 0 Å². The van der Waals surface area contributed by atoms with Crippen LogP contribution in [0.4, 0.5) is 22.7 Å². The Kier molecular flexibility index (Phi) is 6.61. The quantitative estimate of drug-likeness (QED) is 0.261. The van der Waals surface area contributed by atoms with Crippen LogP contribution in [0.5, 0.6) is 0 Å². The zero-order valence-electron chi connectivity index (χ0n) is 17.9. The van der Waals surface area contributed by atoms with Crippen LogP contribution in [-0.4, -0.2) is 5.11 Å². The molecule has 0 saturated heterocycles. The smallest absolute Gasteiger partial charge is 0.194 e. The predicted molar refractivity (Wildman–Crippen MR) is 133 cm³/mol. The van der Waals surface area contributed by atoms with Gasteiger partial charge in [-0.1, -0.05) is 66.7 Å². The van der Waals surface area contributed by atoms with Crippen LogP contribution in [0.15, 0.2) is 97.1 Å². The molecule has 0 saturated carbocycles. The average Bonchev–Trinajstić information content (AvgIpc) is 2.89. The molecule has 0 unspecified atom stereocenters. The predicted octanol–water partition coefficient (Wildman–Crippen LogP) is 7.24. The Labute approximate surface area is 193 Å². The Bertz CT molecular complexity index is 1340. The van der Waals surface area contributed by atoms with Crippen LogP contribution in [0.25, 0.3) is 17.0 Å². The molecule has 1 N–H and O–H groups in total. The molecule has 4 rings (SSSR count). The van der Waals surface area contributed by atoms with Gasteiger partial charge in [0.15, 0.2) is 5.69 Å². The second kappa shape index (κ2) is 10.1. The summed E-state index contributed by atoms with van der Waals surface area (Å²) in [4.78, 5) is 5.70. The van der Waals surface area contributed by atoms with Gasteiger partial charge in [0.25, 0.3) is 0 Å². The fourth-order valence-corrected chi connectivity index (χ4v) is 3.55. The molecule has 0 aliphatic rings. The molecule has 0 aromatic heterocycles. The summed E-state index contributed by atoms with van der Waals surface area (Å²) < 4.78 is 0. The van der Waals surface area contributed by atoms with E-state index in [4.69, 9.17) is 11.8 Å². The summed E-state index contributed by atoms with van der Waals surface area (Å²) in [6.45, 7) is 7.36. The summed E-state index contributed by atoms with van der Waals surface area (Å²) in [6.07, 6.45) is 3.81. The zero-order valence-corrected chi connectivity index (χ0v) is 17.9. The number of benzene rings is 4. The molecule has 4 aromatic rings. The first-order valence-electron chi connectivity index (χ1n) is 10.5. The minimum absolute atomic E-state index is 0.0130. The third-order valence-corrected chi connectivity index (χ3v) is 5.28. The maximum Gasteiger partial charge on any atom is 0.194 e. The Morgan fingerprint density at radius 2 is 1.45 bits per heavy atom. The van der Waals surface area contributed by atoms with Crippen molar-refractivity contribution in [3.05, 3.63) is 131 Å². The van der Waals surface area contributed by atoms with Crippen LogP contribution >= 0.6 is 0 Å². The van der Waals surface area contributed by atoms with E-state index >= 15 is 0 Å². The van der Waals surface area contributed by atoms with E-state index in [1.54, 1.807) is 18.2 Å². The molecule has 0 atom stereocenters. The standard InChI is InChI=1S/C29H21N3O/c1-31-29-18-12-24(20-30)19-25(29)13-7-22-8-14-27(15-9-22)32(26-5-3-2-4-6-26)28-16-10-23(21-33)11-17-28/h2-19,33H,21H2.